The number of nitrogens with zero attached hydrogens (tertiary/aromatic N) is 1. The first-order valence-corrected chi connectivity index (χ1v) is 6.58. The minimum Gasteiger partial charge on any atom is -0.553 e. The van der Waals surface area contributed by atoms with Crippen LogP contribution in [0.5, 0.6) is 0 Å². The first-order chi connectivity index (χ1) is 10.1. The minimum atomic E-state index is -0.617. The molecular formula is C15H14ClN2O3-. The lowest BCUT2D eigenvalue weighted by Gasteiger charge is -2.21. The Balaban J connectivity index is 2.09. The van der Waals surface area contributed by atoms with Gasteiger partial charge < -0.3 is 20.1 Å². The SMILES string of the molecule is COC1=C(C(=O)O/N=C(\N)c2ccc(Cl)cc2)[CH-]CC=C1. The topological polar surface area (TPSA) is 73.9 Å². The number of carbonyl (C=O) groups excluding carboxylic acids is 1. The van der Waals surface area contributed by atoms with Gasteiger partial charge in [-0.1, -0.05) is 34.8 Å². The van der Waals surface area contributed by atoms with Gasteiger partial charge >= 0.3 is 0 Å². The molecule has 6 heteroatoms. The second kappa shape index (κ2) is 6.85. The van der Waals surface area contributed by atoms with Crippen LogP contribution in [0.15, 0.2) is 52.9 Å². The summed E-state index contributed by atoms with van der Waals surface area (Å²) < 4.78 is 5.10. The predicted molar refractivity (Wildman–Crippen MR) is 80.4 cm³/mol. The third-order valence-electron chi connectivity index (χ3n) is 2.80. The van der Waals surface area contributed by atoms with Gasteiger partial charge in [0.2, 0.25) is 0 Å². The van der Waals surface area contributed by atoms with E-state index in [-0.39, 0.29) is 5.84 Å². The minimum absolute atomic E-state index is 0.0888. The van der Waals surface area contributed by atoms with Crippen LogP contribution in [0, 0.1) is 6.42 Å². The maximum Gasteiger partial charge on any atom is 0.252 e. The van der Waals surface area contributed by atoms with Crippen molar-refractivity contribution < 1.29 is 14.4 Å². The van der Waals surface area contributed by atoms with Crippen LogP contribution < -0.4 is 5.73 Å². The summed E-state index contributed by atoms with van der Waals surface area (Å²) in [5.74, 6) is -0.0921. The summed E-state index contributed by atoms with van der Waals surface area (Å²) in [5.41, 5.74) is 6.69. The Bertz CT molecular complexity index is 618. The van der Waals surface area contributed by atoms with Crippen LogP contribution in [0.25, 0.3) is 0 Å². The molecule has 0 aliphatic heterocycles. The maximum atomic E-state index is 11.9. The van der Waals surface area contributed by atoms with Gasteiger partial charge in [0, 0.05) is 16.3 Å². The van der Waals surface area contributed by atoms with Crippen molar-refractivity contribution in [1.82, 2.24) is 0 Å². The van der Waals surface area contributed by atoms with Crippen LogP contribution in [0.2, 0.25) is 5.02 Å². The summed E-state index contributed by atoms with van der Waals surface area (Å²) in [6, 6.07) is 6.72. The van der Waals surface area contributed by atoms with E-state index in [2.05, 4.69) is 5.16 Å². The molecule has 0 aromatic heterocycles. The number of amidine groups is 1. The molecule has 0 fully saturated rings. The van der Waals surface area contributed by atoms with Crippen molar-refractivity contribution in [2.75, 3.05) is 7.11 Å². The molecule has 1 aliphatic rings. The summed E-state index contributed by atoms with van der Waals surface area (Å²) in [7, 11) is 1.48. The molecule has 0 spiro atoms. The van der Waals surface area contributed by atoms with Gasteiger partial charge in [-0.2, -0.15) is 6.42 Å². The monoisotopic (exact) mass is 305 g/mol. The highest BCUT2D eigenvalue weighted by atomic mass is 35.5. The van der Waals surface area contributed by atoms with E-state index >= 15 is 0 Å². The normalized spacial score (nSPS) is 14.7. The second-order valence-electron chi connectivity index (χ2n) is 4.19. The molecule has 0 radical (unpaired) electrons. The van der Waals surface area contributed by atoms with Crippen molar-refractivity contribution in [3.8, 4) is 0 Å². The Morgan fingerprint density at radius 3 is 2.76 bits per heavy atom. The van der Waals surface area contributed by atoms with E-state index < -0.39 is 5.97 Å². The third kappa shape index (κ3) is 3.79. The van der Waals surface area contributed by atoms with E-state index in [4.69, 9.17) is 26.9 Å². The molecule has 0 unspecified atom stereocenters. The number of nitrogens with two attached hydrogens (primary N) is 1. The molecule has 1 aliphatic carbocycles. The Morgan fingerprint density at radius 1 is 1.38 bits per heavy atom. The second-order valence-corrected chi connectivity index (χ2v) is 4.62. The fourth-order valence-corrected chi connectivity index (χ4v) is 1.85. The van der Waals surface area contributed by atoms with Gasteiger partial charge in [-0.15, -0.1) is 6.08 Å². The number of oxime groups is 1. The Morgan fingerprint density at radius 2 is 2.10 bits per heavy atom. The molecule has 21 heavy (non-hydrogen) atoms. The van der Waals surface area contributed by atoms with Crippen molar-refractivity contribution in [3.05, 3.63) is 64.8 Å². The zero-order valence-corrected chi connectivity index (χ0v) is 12.1. The van der Waals surface area contributed by atoms with Crippen LogP contribution in [-0.4, -0.2) is 18.9 Å². The van der Waals surface area contributed by atoms with Gasteiger partial charge in [0.05, 0.1) is 7.11 Å². The summed E-state index contributed by atoms with van der Waals surface area (Å²) in [6.45, 7) is 0. The molecule has 1 aromatic rings. The Hall–Kier alpha value is -2.40. The van der Waals surface area contributed by atoms with Crippen LogP contribution in [-0.2, 0) is 14.4 Å². The lowest BCUT2D eigenvalue weighted by Crippen LogP contribution is -2.17. The molecule has 5 nitrogen and oxygen atoms in total. The summed E-state index contributed by atoms with van der Waals surface area (Å²) in [5, 5.41) is 4.22. The first kappa shape index (κ1) is 15.0. The summed E-state index contributed by atoms with van der Waals surface area (Å²) in [6.07, 6.45) is 5.92. The molecule has 0 amide bonds. The van der Waals surface area contributed by atoms with Gasteiger partial charge in [0.1, 0.15) is 0 Å². The number of hydrogen-bond donors (Lipinski definition) is 1. The van der Waals surface area contributed by atoms with Crippen molar-refractivity contribution in [1.29, 1.82) is 0 Å². The zero-order valence-electron chi connectivity index (χ0n) is 11.4. The van der Waals surface area contributed by atoms with E-state index in [0.717, 1.165) is 0 Å². The van der Waals surface area contributed by atoms with Gasteiger partial charge in [-0.05, 0) is 24.3 Å². The molecule has 2 N–H and O–H groups in total. The number of carbonyl (C=O) groups is 1. The molecule has 0 bridgehead atoms. The van der Waals surface area contributed by atoms with Gasteiger partial charge in [-0.25, -0.2) is 0 Å². The van der Waals surface area contributed by atoms with Crippen LogP contribution >= 0.6 is 11.6 Å². The lowest BCUT2D eigenvalue weighted by molar-refractivity contribution is -0.139. The van der Waals surface area contributed by atoms with Crippen LogP contribution in [0.3, 0.4) is 0 Å². The molecule has 0 saturated carbocycles. The first-order valence-electron chi connectivity index (χ1n) is 6.20. The summed E-state index contributed by atoms with van der Waals surface area (Å²) >= 11 is 5.78. The van der Waals surface area contributed by atoms with Crippen LogP contribution in [0.4, 0.5) is 0 Å². The molecule has 1 aromatic carbocycles. The van der Waals surface area contributed by atoms with Crippen molar-refractivity contribution in [3.63, 3.8) is 0 Å². The highest BCUT2D eigenvalue weighted by Gasteiger charge is 2.09. The molecule has 2 rings (SSSR count). The highest BCUT2D eigenvalue weighted by molar-refractivity contribution is 6.30. The van der Waals surface area contributed by atoms with E-state index in [0.29, 0.717) is 28.3 Å². The third-order valence-corrected chi connectivity index (χ3v) is 3.05. The van der Waals surface area contributed by atoms with Gasteiger partial charge in [-0.3, -0.25) is 0 Å². The average molecular weight is 306 g/mol. The molecule has 0 heterocycles. The standard InChI is InChI=1S/C15H14ClN2O3/c1-20-13-5-3-2-4-12(13)15(19)21-18-14(17)10-6-8-11(16)9-7-10/h3-9H,2H2,1H3,(H2,17,18)/q-1. The smallest absolute Gasteiger partial charge is 0.252 e. The van der Waals surface area contributed by atoms with Crippen molar-refractivity contribution >= 4 is 23.4 Å². The molecule has 0 atom stereocenters. The number of allylic oxidation sites excluding steroid dienone is 2. The van der Waals surface area contributed by atoms with Gasteiger partial charge in [0.25, 0.3) is 5.97 Å². The van der Waals surface area contributed by atoms with E-state index in [1.807, 2.05) is 6.08 Å². The summed E-state index contributed by atoms with van der Waals surface area (Å²) in [4.78, 5) is 16.8. The van der Waals surface area contributed by atoms with Gasteiger partial charge in [0.15, 0.2) is 5.84 Å². The van der Waals surface area contributed by atoms with E-state index in [1.54, 1.807) is 36.8 Å². The van der Waals surface area contributed by atoms with Crippen molar-refractivity contribution in [2.45, 2.75) is 6.42 Å². The zero-order chi connectivity index (χ0) is 15.2. The quantitative estimate of drug-likeness (QED) is 0.305. The van der Waals surface area contributed by atoms with E-state index in [9.17, 15) is 4.79 Å². The number of halogens is 1. The van der Waals surface area contributed by atoms with Crippen LogP contribution in [0.1, 0.15) is 12.0 Å². The Labute approximate surface area is 127 Å². The van der Waals surface area contributed by atoms with Crippen molar-refractivity contribution in [2.24, 2.45) is 10.9 Å². The molecule has 0 saturated heterocycles. The largest absolute Gasteiger partial charge is 0.553 e. The average Bonchev–Trinajstić information content (AvgIpc) is 2.52. The molecular weight excluding hydrogens is 292 g/mol. The Kier molecular flexibility index (Phi) is 4.90. The number of rotatable bonds is 4. The molecule has 110 valence electrons. The fourth-order valence-electron chi connectivity index (χ4n) is 1.73. The number of ether oxygens (including phenoxy) is 1. The fraction of sp³-hybridized carbons (Fsp3) is 0.133. The number of hydrogen-bond acceptors (Lipinski definition) is 4. The maximum absolute atomic E-state index is 11.9. The number of benzene rings is 1. The lowest BCUT2D eigenvalue weighted by atomic mass is 10.0. The predicted octanol–water partition coefficient (Wildman–Crippen LogP) is 2.57. The highest BCUT2D eigenvalue weighted by Crippen LogP contribution is 2.20. The van der Waals surface area contributed by atoms with E-state index in [1.165, 1.54) is 7.11 Å². The number of methoxy groups -OCH3 is 1.